The van der Waals surface area contributed by atoms with E-state index in [0.717, 1.165) is 6.42 Å². The maximum atomic E-state index is 12.2. The van der Waals surface area contributed by atoms with Crippen molar-refractivity contribution >= 4 is 23.2 Å². The maximum absolute atomic E-state index is 12.2. The predicted molar refractivity (Wildman–Crippen MR) is 120 cm³/mol. The summed E-state index contributed by atoms with van der Waals surface area (Å²) in [5.74, 6) is 0.859. The third-order valence-corrected chi connectivity index (χ3v) is 4.66. The fourth-order valence-electron chi connectivity index (χ4n) is 2.94. The molecular formula is C24H28N4O. The van der Waals surface area contributed by atoms with Gasteiger partial charge in [-0.3, -0.25) is 4.79 Å². The monoisotopic (exact) mass is 388 g/mol. The quantitative estimate of drug-likeness (QED) is 0.552. The topological polar surface area (TPSA) is 80.0 Å². The number of hydrogen-bond acceptors (Lipinski definition) is 4. The molecule has 5 heteroatoms. The number of nitrogen functional groups attached to an aromatic ring is 1. The van der Waals surface area contributed by atoms with Gasteiger partial charge in [0.1, 0.15) is 11.6 Å². The Kier molecular flexibility index (Phi) is 6.17. The third-order valence-electron chi connectivity index (χ3n) is 4.66. The van der Waals surface area contributed by atoms with Crippen LogP contribution in [0.25, 0.3) is 0 Å². The lowest BCUT2D eigenvalue weighted by Gasteiger charge is -2.21. The van der Waals surface area contributed by atoms with E-state index >= 15 is 0 Å². The fraction of sp³-hybridized carbons (Fsp3) is 0.250. The normalized spacial score (nSPS) is 12.2. The molecular weight excluding hydrogens is 360 g/mol. The number of aromatic nitrogens is 1. The van der Waals surface area contributed by atoms with Crippen molar-refractivity contribution in [3.05, 3.63) is 83.9 Å². The van der Waals surface area contributed by atoms with Crippen LogP contribution in [-0.2, 0) is 11.2 Å². The van der Waals surface area contributed by atoms with E-state index in [1.54, 1.807) is 6.07 Å². The second-order valence-electron chi connectivity index (χ2n) is 8.13. The Bertz CT molecular complexity index is 950. The zero-order valence-corrected chi connectivity index (χ0v) is 17.1. The fourth-order valence-corrected chi connectivity index (χ4v) is 2.94. The van der Waals surface area contributed by atoms with Gasteiger partial charge in [-0.15, -0.1) is 0 Å². The Morgan fingerprint density at radius 3 is 2.17 bits per heavy atom. The van der Waals surface area contributed by atoms with Crippen molar-refractivity contribution in [2.45, 2.75) is 33.2 Å². The van der Waals surface area contributed by atoms with E-state index in [2.05, 4.69) is 39.9 Å². The van der Waals surface area contributed by atoms with Gasteiger partial charge >= 0.3 is 0 Å². The number of carbonyl (C=O) groups is 1. The van der Waals surface area contributed by atoms with E-state index in [4.69, 9.17) is 5.73 Å². The van der Waals surface area contributed by atoms with Gasteiger partial charge in [0.15, 0.2) is 0 Å². The third kappa shape index (κ3) is 5.57. The summed E-state index contributed by atoms with van der Waals surface area (Å²) in [5, 5.41) is 6.34. The molecule has 0 fully saturated rings. The molecule has 0 aliphatic carbocycles. The van der Waals surface area contributed by atoms with Crippen LogP contribution in [0.2, 0.25) is 0 Å². The van der Waals surface area contributed by atoms with E-state index in [1.165, 1.54) is 11.1 Å². The average molecular weight is 389 g/mol. The highest BCUT2D eigenvalue weighted by molar-refractivity contribution is 5.96. The first kappa shape index (κ1) is 20.4. The second kappa shape index (κ2) is 8.78. The van der Waals surface area contributed by atoms with Gasteiger partial charge in [-0.1, -0.05) is 81.4 Å². The number of nitrogens with two attached hydrogens (primary N) is 1. The van der Waals surface area contributed by atoms with Crippen LogP contribution in [0.3, 0.4) is 0 Å². The van der Waals surface area contributed by atoms with Crippen molar-refractivity contribution < 1.29 is 4.79 Å². The standard InChI is InChI=1S/C24H28N4O/c1-24(2,3)23(29)27-19-14-15-21(28-22(19)25)26-20(18-12-8-5-9-13-18)16-17-10-6-4-7-11-17/h4-15,20H,16H2,1-3H3,(H,27,29)(H3,25,26,28). The highest BCUT2D eigenvalue weighted by Gasteiger charge is 2.22. The predicted octanol–water partition coefficient (Wildman–Crippen LogP) is 5.04. The molecule has 5 nitrogen and oxygen atoms in total. The minimum atomic E-state index is -0.503. The first-order valence-corrected chi connectivity index (χ1v) is 9.76. The number of benzene rings is 2. The SMILES string of the molecule is CC(C)(C)C(=O)Nc1ccc(NC(Cc2ccccc2)c2ccccc2)nc1N. The van der Waals surface area contributed by atoms with Gasteiger partial charge in [0.05, 0.1) is 11.7 Å². The molecule has 150 valence electrons. The summed E-state index contributed by atoms with van der Waals surface area (Å²) in [4.78, 5) is 16.7. The average Bonchev–Trinajstić information content (AvgIpc) is 2.70. The largest absolute Gasteiger partial charge is 0.382 e. The number of amides is 1. The molecule has 4 N–H and O–H groups in total. The number of nitrogens with zero attached hydrogens (tertiary/aromatic N) is 1. The molecule has 1 atom stereocenters. The van der Waals surface area contributed by atoms with Gasteiger partial charge in [-0.2, -0.15) is 0 Å². The molecule has 1 aromatic heterocycles. The maximum Gasteiger partial charge on any atom is 0.229 e. The van der Waals surface area contributed by atoms with Crippen LogP contribution in [0, 0.1) is 5.41 Å². The van der Waals surface area contributed by atoms with Crippen molar-refractivity contribution in [3.63, 3.8) is 0 Å². The summed E-state index contributed by atoms with van der Waals surface area (Å²) >= 11 is 0. The van der Waals surface area contributed by atoms with E-state index in [9.17, 15) is 4.79 Å². The Balaban J connectivity index is 1.80. The molecule has 0 spiro atoms. The highest BCUT2D eigenvalue weighted by atomic mass is 16.2. The minimum Gasteiger partial charge on any atom is -0.382 e. The summed E-state index contributed by atoms with van der Waals surface area (Å²) in [6, 6.07) is 24.3. The van der Waals surface area contributed by atoms with Gasteiger partial charge in [0, 0.05) is 5.41 Å². The van der Waals surface area contributed by atoms with Gasteiger partial charge < -0.3 is 16.4 Å². The van der Waals surface area contributed by atoms with Crippen molar-refractivity contribution in [3.8, 4) is 0 Å². The van der Waals surface area contributed by atoms with Gasteiger partial charge in [-0.05, 0) is 29.7 Å². The number of anilines is 3. The van der Waals surface area contributed by atoms with Crippen LogP contribution in [0.15, 0.2) is 72.8 Å². The molecule has 3 rings (SSSR count). The Morgan fingerprint density at radius 2 is 1.59 bits per heavy atom. The van der Waals surface area contributed by atoms with Crippen LogP contribution >= 0.6 is 0 Å². The van der Waals surface area contributed by atoms with Gasteiger partial charge in [0.25, 0.3) is 0 Å². The zero-order valence-electron chi connectivity index (χ0n) is 17.1. The lowest BCUT2D eigenvalue weighted by atomic mass is 9.95. The number of pyridine rings is 1. The minimum absolute atomic E-state index is 0.0421. The first-order valence-electron chi connectivity index (χ1n) is 9.76. The number of carbonyl (C=O) groups excluding carboxylic acids is 1. The second-order valence-corrected chi connectivity index (χ2v) is 8.13. The highest BCUT2D eigenvalue weighted by Crippen LogP contribution is 2.26. The molecule has 0 aliphatic heterocycles. The number of hydrogen-bond donors (Lipinski definition) is 3. The van der Waals surface area contributed by atoms with Gasteiger partial charge in [0.2, 0.25) is 5.91 Å². The molecule has 0 aliphatic rings. The van der Waals surface area contributed by atoms with Crippen LogP contribution in [-0.4, -0.2) is 10.9 Å². The molecule has 0 saturated carbocycles. The van der Waals surface area contributed by atoms with Crippen molar-refractivity contribution in [1.29, 1.82) is 0 Å². The van der Waals surface area contributed by atoms with E-state index in [0.29, 0.717) is 17.3 Å². The van der Waals surface area contributed by atoms with E-state index in [-0.39, 0.29) is 11.9 Å². The van der Waals surface area contributed by atoms with E-state index in [1.807, 2.05) is 63.2 Å². The van der Waals surface area contributed by atoms with Crippen LogP contribution < -0.4 is 16.4 Å². The first-order chi connectivity index (χ1) is 13.8. The molecule has 1 unspecified atom stereocenters. The van der Waals surface area contributed by atoms with Crippen LogP contribution in [0.5, 0.6) is 0 Å². The molecule has 0 bridgehead atoms. The summed E-state index contributed by atoms with van der Waals surface area (Å²) in [5.41, 5.74) is 8.54. The summed E-state index contributed by atoms with van der Waals surface area (Å²) < 4.78 is 0. The Morgan fingerprint density at radius 1 is 0.966 bits per heavy atom. The van der Waals surface area contributed by atoms with Gasteiger partial charge in [-0.25, -0.2) is 4.98 Å². The lowest BCUT2D eigenvalue weighted by molar-refractivity contribution is -0.123. The van der Waals surface area contributed by atoms with Crippen molar-refractivity contribution in [2.24, 2.45) is 5.41 Å². The van der Waals surface area contributed by atoms with E-state index < -0.39 is 5.41 Å². The summed E-state index contributed by atoms with van der Waals surface area (Å²) in [7, 11) is 0. The van der Waals surface area contributed by atoms with Crippen LogP contribution in [0.1, 0.15) is 37.9 Å². The summed E-state index contributed by atoms with van der Waals surface area (Å²) in [6.07, 6.45) is 0.814. The molecule has 1 heterocycles. The Labute approximate surface area is 172 Å². The molecule has 0 radical (unpaired) electrons. The summed E-state index contributed by atoms with van der Waals surface area (Å²) in [6.45, 7) is 5.57. The van der Waals surface area contributed by atoms with Crippen LogP contribution in [0.4, 0.5) is 17.3 Å². The molecule has 1 amide bonds. The van der Waals surface area contributed by atoms with Crippen molar-refractivity contribution in [1.82, 2.24) is 4.98 Å². The smallest absolute Gasteiger partial charge is 0.229 e. The Hall–Kier alpha value is -3.34. The molecule has 29 heavy (non-hydrogen) atoms. The number of rotatable bonds is 6. The number of nitrogens with one attached hydrogen (secondary N) is 2. The molecule has 3 aromatic rings. The molecule has 0 saturated heterocycles. The van der Waals surface area contributed by atoms with Crippen molar-refractivity contribution in [2.75, 3.05) is 16.4 Å². The lowest BCUT2D eigenvalue weighted by Crippen LogP contribution is -2.28. The zero-order chi connectivity index (χ0) is 20.9. The molecule has 2 aromatic carbocycles.